The normalized spacial score (nSPS) is 5.54. The second-order valence-corrected chi connectivity index (χ2v) is 0.714. The van der Waals surface area contributed by atoms with Gasteiger partial charge in [-0.3, -0.25) is 0 Å². The largest absolute Gasteiger partial charge is 0.328 e. The van der Waals surface area contributed by atoms with Gasteiger partial charge in [-0.1, -0.05) is 0 Å². The first-order valence-corrected chi connectivity index (χ1v) is 1.70. The molecular weight excluding hydrogens is 261 g/mol. The molecule has 0 aliphatic rings. The van der Waals surface area contributed by atoms with Gasteiger partial charge < -0.3 is 15.6 Å². The van der Waals surface area contributed by atoms with Crippen LogP contribution in [0.25, 0.3) is 0 Å². The van der Waals surface area contributed by atoms with Gasteiger partial charge in [-0.2, -0.15) is 0 Å². The van der Waals surface area contributed by atoms with Crippen molar-refractivity contribution in [3.05, 3.63) is 30.3 Å². The minimum Gasteiger partial charge on any atom is -0.328 e. The van der Waals surface area contributed by atoms with E-state index in [0.29, 0.717) is 0 Å². The average Bonchev–Trinajstić information content (AvgIpc) is 1.54. The van der Waals surface area contributed by atoms with Crippen molar-refractivity contribution in [2.75, 3.05) is 0 Å². The van der Waals surface area contributed by atoms with Gasteiger partial charge in [-0.05, 0) is 0 Å². The zero-order chi connectivity index (χ0) is 10.7. The molecule has 0 amide bonds. The summed E-state index contributed by atoms with van der Waals surface area (Å²) >= 11 is 0. The van der Waals surface area contributed by atoms with Crippen molar-refractivity contribution in [1.29, 1.82) is 0 Å². The van der Waals surface area contributed by atoms with E-state index < -0.39 is 15.3 Å². The van der Waals surface area contributed by atoms with Crippen molar-refractivity contribution in [2.24, 2.45) is 0 Å². The Hall–Kier alpha value is -1.84. The van der Waals surface area contributed by atoms with Crippen LogP contribution in [-0.4, -0.2) is 48.8 Å². The smallest absolute Gasteiger partial charge is 0.291 e. The van der Waals surface area contributed by atoms with Crippen LogP contribution < -0.4 is 0 Å². The van der Waals surface area contributed by atoms with Gasteiger partial charge in [-0.25, -0.2) is 0 Å². The van der Waals surface area contributed by atoms with Gasteiger partial charge in [0.05, 0.1) is 0 Å². The van der Waals surface area contributed by atoms with Crippen molar-refractivity contribution in [3.8, 4) is 0 Å². The van der Waals surface area contributed by atoms with Gasteiger partial charge in [0.15, 0.2) is 0 Å². The van der Waals surface area contributed by atoms with Crippen molar-refractivity contribution in [1.82, 2.24) is 0 Å². The molecule has 77 valence electrons. The van der Waals surface area contributed by atoms with E-state index >= 15 is 0 Å². The number of nitrogens with zero attached hydrogens (tertiary/aromatic N) is 3. The Morgan fingerprint density at radius 1 is 0.692 bits per heavy atom. The second-order valence-electron chi connectivity index (χ2n) is 0.714. The predicted octanol–water partition coefficient (Wildman–Crippen LogP) is -1.42. The van der Waals surface area contributed by atoms with Crippen LogP contribution in [-0.2, 0) is 0 Å². The molecule has 0 saturated carbocycles. The van der Waals surface area contributed by atoms with E-state index in [1.165, 1.54) is 0 Å². The van der Waals surface area contributed by atoms with Crippen molar-refractivity contribution in [3.63, 3.8) is 0 Å². The maximum atomic E-state index is 8.36. The summed E-state index contributed by atoms with van der Waals surface area (Å²) in [4.78, 5) is 25.1. The molecule has 3 N–H and O–H groups in total. The minimum atomic E-state index is -1.50. The third-order valence-electron chi connectivity index (χ3n) is 0. The average molecular weight is 264 g/mol. The standard InChI is InChI=1S/As.3HNO3/c;3*2-1(3)4/h;3*(H,2,3,4). The summed E-state index contributed by atoms with van der Waals surface area (Å²) in [6, 6.07) is 0. The Labute approximate surface area is 80.0 Å². The van der Waals surface area contributed by atoms with E-state index in [1.807, 2.05) is 0 Å². The Bertz CT molecular complexity index is 112. The number of hydrogen-bond donors (Lipinski definition) is 3. The molecule has 0 bridgehead atoms. The molecule has 0 aromatic carbocycles. The maximum absolute atomic E-state index is 8.36. The third kappa shape index (κ3) is 199. The Balaban J connectivity index is -0.0000000450. The summed E-state index contributed by atoms with van der Waals surface area (Å²) < 4.78 is 0. The molecule has 0 aliphatic carbocycles. The first-order valence-electron chi connectivity index (χ1n) is 1.70. The van der Waals surface area contributed by atoms with E-state index in [-0.39, 0.29) is 18.0 Å². The molecule has 0 aromatic rings. The SMILES string of the molecule is O=[N+]([O-])O.O=[N+]([O-])O.O=[N+]([O-])O.[As]. The third-order valence-corrected chi connectivity index (χ3v) is 0. The van der Waals surface area contributed by atoms with Gasteiger partial charge in [0.2, 0.25) is 0 Å². The van der Waals surface area contributed by atoms with Crippen molar-refractivity contribution in [2.45, 2.75) is 0 Å². The van der Waals surface area contributed by atoms with Crippen LogP contribution in [0.2, 0.25) is 0 Å². The molecule has 0 spiro atoms. The zero-order valence-electron chi connectivity index (χ0n) is 5.58. The van der Waals surface area contributed by atoms with Gasteiger partial charge in [-0.15, -0.1) is 30.3 Å². The molecule has 3 radical (unpaired) electrons. The van der Waals surface area contributed by atoms with E-state index in [1.54, 1.807) is 0 Å². The fourth-order valence-electron chi connectivity index (χ4n) is 0. The maximum Gasteiger partial charge on any atom is 0.291 e. The molecule has 13 heavy (non-hydrogen) atoms. The van der Waals surface area contributed by atoms with E-state index in [4.69, 9.17) is 46.0 Å². The molecule has 0 atom stereocenters. The summed E-state index contributed by atoms with van der Waals surface area (Å²) in [6.07, 6.45) is 0. The van der Waals surface area contributed by atoms with Gasteiger partial charge >= 0.3 is 0 Å². The van der Waals surface area contributed by atoms with E-state index in [2.05, 4.69) is 0 Å². The number of rotatable bonds is 0. The van der Waals surface area contributed by atoms with Crippen LogP contribution in [0.1, 0.15) is 0 Å². The Kier molecular flexibility index (Phi) is 28.7. The molecule has 0 aromatic heterocycles. The minimum absolute atomic E-state index is 0. The van der Waals surface area contributed by atoms with Crippen LogP contribution in [0.4, 0.5) is 0 Å². The topological polar surface area (TPSA) is 190 Å². The van der Waals surface area contributed by atoms with Crippen LogP contribution >= 0.6 is 0 Å². The van der Waals surface area contributed by atoms with Crippen LogP contribution in [0.15, 0.2) is 0 Å². The van der Waals surface area contributed by atoms with Crippen LogP contribution in [0.3, 0.4) is 0 Å². The monoisotopic (exact) mass is 264 g/mol. The van der Waals surface area contributed by atoms with Crippen LogP contribution in [0.5, 0.6) is 0 Å². The first kappa shape index (κ1) is 22.5. The first-order chi connectivity index (χ1) is 5.20. The van der Waals surface area contributed by atoms with Crippen LogP contribution in [0, 0.1) is 30.3 Å². The van der Waals surface area contributed by atoms with E-state index in [9.17, 15) is 0 Å². The summed E-state index contributed by atoms with van der Waals surface area (Å²) in [5, 5.41) is 40.9. The second kappa shape index (κ2) is 16.6. The van der Waals surface area contributed by atoms with Gasteiger partial charge in [0, 0.05) is 18.0 Å². The van der Waals surface area contributed by atoms with Crippen molar-refractivity contribution >= 4 is 18.0 Å². The zero-order valence-corrected chi connectivity index (χ0v) is 7.46. The fraction of sp³-hybridized carbons (Fsp3) is 0. The molecule has 0 unspecified atom stereocenters. The Morgan fingerprint density at radius 2 is 0.692 bits per heavy atom. The Morgan fingerprint density at radius 3 is 0.692 bits per heavy atom. The van der Waals surface area contributed by atoms with Crippen molar-refractivity contribution < 1.29 is 30.9 Å². The van der Waals surface area contributed by atoms with Gasteiger partial charge in [0.25, 0.3) is 15.3 Å². The van der Waals surface area contributed by atoms with E-state index in [0.717, 1.165) is 0 Å². The molecule has 12 nitrogen and oxygen atoms in total. The molecule has 0 fully saturated rings. The molecular formula is H3AsN3O9. The summed E-state index contributed by atoms with van der Waals surface area (Å²) in [5.41, 5.74) is 0. The summed E-state index contributed by atoms with van der Waals surface area (Å²) in [6.45, 7) is 0. The molecule has 0 aliphatic heterocycles. The summed E-state index contributed by atoms with van der Waals surface area (Å²) in [5.74, 6) is 0. The fourth-order valence-corrected chi connectivity index (χ4v) is 0. The quantitative estimate of drug-likeness (QED) is 0.267. The molecule has 0 rings (SSSR count). The number of hydrogen-bond acceptors (Lipinski definition) is 6. The predicted molar refractivity (Wildman–Crippen MR) is 32.1 cm³/mol. The summed E-state index contributed by atoms with van der Waals surface area (Å²) in [7, 11) is 0. The molecule has 0 saturated heterocycles. The molecule has 13 heteroatoms. The molecule has 0 heterocycles. The van der Waals surface area contributed by atoms with Gasteiger partial charge in [0.1, 0.15) is 0 Å².